The van der Waals surface area contributed by atoms with Crippen molar-refractivity contribution in [1.29, 1.82) is 5.26 Å². The average Bonchev–Trinajstić information content (AvgIpc) is 2.54. The fourth-order valence-electron chi connectivity index (χ4n) is 2.23. The van der Waals surface area contributed by atoms with E-state index in [1.807, 2.05) is 48.5 Å². The van der Waals surface area contributed by atoms with Gasteiger partial charge in [-0.05, 0) is 29.1 Å². The summed E-state index contributed by atoms with van der Waals surface area (Å²) in [6.45, 7) is 0.295. The Bertz CT molecular complexity index is 831. The molecule has 102 valence electrons. The third-order valence-electron chi connectivity index (χ3n) is 3.30. The lowest BCUT2D eigenvalue weighted by atomic mass is 10.1. The van der Waals surface area contributed by atoms with Crippen LogP contribution in [0.15, 0.2) is 60.7 Å². The highest BCUT2D eigenvalue weighted by atomic mass is 19.1. The first-order valence-corrected chi connectivity index (χ1v) is 6.57. The molecule has 0 spiro atoms. The summed E-state index contributed by atoms with van der Waals surface area (Å²) < 4.78 is 19.1. The number of benzene rings is 3. The molecule has 0 saturated carbocycles. The lowest BCUT2D eigenvalue weighted by molar-refractivity contribution is 0.310. The molecule has 3 aromatic carbocycles. The highest BCUT2D eigenvalue weighted by Gasteiger charge is 2.05. The van der Waals surface area contributed by atoms with Gasteiger partial charge in [-0.25, -0.2) is 4.39 Å². The third-order valence-corrected chi connectivity index (χ3v) is 3.30. The minimum absolute atomic E-state index is 0.0361. The molecule has 0 radical (unpaired) electrons. The molecule has 0 amide bonds. The van der Waals surface area contributed by atoms with Gasteiger partial charge < -0.3 is 4.74 Å². The normalized spacial score (nSPS) is 10.3. The monoisotopic (exact) mass is 277 g/mol. The number of ether oxygens (including phenoxy) is 1. The summed E-state index contributed by atoms with van der Waals surface area (Å²) in [6.07, 6.45) is 0. The van der Waals surface area contributed by atoms with Crippen LogP contribution in [-0.2, 0) is 6.61 Å². The van der Waals surface area contributed by atoms with Crippen molar-refractivity contribution in [2.24, 2.45) is 0 Å². The zero-order valence-corrected chi connectivity index (χ0v) is 11.2. The van der Waals surface area contributed by atoms with Gasteiger partial charge in [0.25, 0.3) is 0 Å². The van der Waals surface area contributed by atoms with Crippen molar-refractivity contribution in [2.45, 2.75) is 6.61 Å². The van der Waals surface area contributed by atoms with Gasteiger partial charge in [-0.3, -0.25) is 0 Å². The first-order valence-electron chi connectivity index (χ1n) is 6.57. The minimum atomic E-state index is -0.508. The predicted molar refractivity (Wildman–Crippen MR) is 79.4 cm³/mol. The van der Waals surface area contributed by atoms with E-state index in [-0.39, 0.29) is 5.56 Å². The van der Waals surface area contributed by atoms with Crippen LogP contribution >= 0.6 is 0 Å². The van der Waals surface area contributed by atoms with Crippen molar-refractivity contribution in [3.63, 3.8) is 0 Å². The molecule has 0 aliphatic carbocycles. The molecular weight excluding hydrogens is 265 g/mol. The van der Waals surface area contributed by atoms with Crippen molar-refractivity contribution in [2.75, 3.05) is 0 Å². The molecule has 3 heteroatoms. The predicted octanol–water partition coefficient (Wildman–Crippen LogP) is 4.43. The number of nitriles is 1. The molecule has 0 saturated heterocycles. The van der Waals surface area contributed by atoms with Crippen LogP contribution in [0.25, 0.3) is 10.8 Å². The first-order chi connectivity index (χ1) is 10.3. The Balaban J connectivity index is 1.86. The van der Waals surface area contributed by atoms with Gasteiger partial charge in [0.2, 0.25) is 0 Å². The van der Waals surface area contributed by atoms with Crippen molar-refractivity contribution >= 4 is 10.8 Å². The minimum Gasteiger partial charge on any atom is -0.488 e. The molecule has 0 bridgehead atoms. The van der Waals surface area contributed by atoms with E-state index in [9.17, 15) is 4.39 Å². The van der Waals surface area contributed by atoms with E-state index in [0.29, 0.717) is 6.61 Å². The molecule has 3 rings (SSSR count). The van der Waals surface area contributed by atoms with Crippen LogP contribution in [0, 0.1) is 17.1 Å². The summed E-state index contributed by atoms with van der Waals surface area (Å²) >= 11 is 0. The molecule has 3 aromatic rings. The first kappa shape index (κ1) is 13.1. The van der Waals surface area contributed by atoms with Gasteiger partial charge in [-0.15, -0.1) is 0 Å². The van der Waals surface area contributed by atoms with Crippen LogP contribution in [-0.4, -0.2) is 0 Å². The van der Waals surface area contributed by atoms with Gasteiger partial charge in [0.1, 0.15) is 24.2 Å². The SMILES string of the molecule is N#Cc1cc(COc2cccc3ccccc23)ccc1F. The second-order valence-electron chi connectivity index (χ2n) is 4.69. The molecule has 0 unspecified atom stereocenters. The van der Waals surface area contributed by atoms with Crippen molar-refractivity contribution < 1.29 is 9.13 Å². The summed E-state index contributed by atoms with van der Waals surface area (Å²) in [5, 5.41) is 11.0. The van der Waals surface area contributed by atoms with Crippen LogP contribution in [0.4, 0.5) is 4.39 Å². The van der Waals surface area contributed by atoms with Crippen LogP contribution in [0.3, 0.4) is 0 Å². The summed E-state index contributed by atoms with van der Waals surface area (Å²) in [4.78, 5) is 0. The lowest BCUT2D eigenvalue weighted by Crippen LogP contribution is -1.97. The number of halogens is 1. The van der Waals surface area contributed by atoms with E-state index < -0.39 is 5.82 Å². The van der Waals surface area contributed by atoms with Gasteiger partial charge in [0.15, 0.2) is 0 Å². The molecule has 0 aliphatic heterocycles. The maximum atomic E-state index is 13.3. The Morgan fingerprint density at radius 1 is 1.00 bits per heavy atom. The number of hydrogen-bond donors (Lipinski definition) is 0. The molecule has 0 fully saturated rings. The Hall–Kier alpha value is -2.86. The molecule has 0 N–H and O–H groups in total. The molecule has 0 aromatic heterocycles. The Morgan fingerprint density at radius 3 is 2.67 bits per heavy atom. The second kappa shape index (κ2) is 5.64. The molecule has 2 nitrogen and oxygen atoms in total. The summed E-state index contributed by atoms with van der Waals surface area (Å²) in [5.74, 6) is 0.266. The van der Waals surface area contributed by atoms with E-state index in [2.05, 4.69) is 0 Å². The van der Waals surface area contributed by atoms with Gasteiger partial charge in [-0.2, -0.15) is 5.26 Å². The largest absolute Gasteiger partial charge is 0.488 e. The summed E-state index contributed by atoms with van der Waals surface area (Å²) in [5.41, 5.74) is 0.801. The Morgan fingerprint density at radius 2 is 1.81 bits per heavy atom. The Labute approximate surface area is 122 Å². The van der Waals surface area contributed by atoms with Gasteiger partial charge in [0.05, 0.1) is 5.56 Å². The molecule has 0 aliphatic rings. The maximum Gasteiger partial charge on any atom is 0.140 e. The van der Waals surface area contributed by atoms with E-state index in [1.54, 1.807) is 6.07 Å². The number of rotatable bonds is 3. The molecule has 0 heterocycles. The van der Waals surface area contributed by atoms with Gasteiger partial charge in [-0.1, -0.05) is 42.5 Å². The molecule has 21 heavy (non-hydrogen) atoms. The van der Waals surface area contributed by atoms with Crippen LogP contribution in [0.1, 0.15) is 11.1 Å². The standard InChI is InChI=1S/C18H12FNO/c19-17-9-8-13(10-15(17)11-20)12-21-18-7-3-5-14-4-1-2-6-16(14)18/h1-10H,12H2. The van der Waals surface area contributed by atoms with Crippen LogP contribution in [0.5, 0.6) is 5.75 Å². The smallest absolute Gasteiger partial charge is 0.140 e. The summed E-state index contributed by atoms with van der Waals surface area (Å²) in [6, 6.07) is 20.1. The molecule has 0 atom stereocenters. The van der Waals surface area contributed by atoms with E-state index in [1.165, 1.54) is 12.1 Å². The highest BCUT2D eigenvalue weighted by molar-refractivity contribution is 5.88. The van der Waals surface area contributed by atoms with E-state index in [0.717, 1.165) is 22.1 Å². The fourth-order valence-corrected chi connectivity index (χ4v) is 2.23. The fraction of sp³-hybridized carbons (Fsp3) is 0.0556. The van der Waals surface area contributed by atoms with Crippen molar-refractivity contribution in [1.82, 2.24) is 0 Å². The van der Waals surface area contributed by atoms with E-state index >= 15 is 0 Å². The van der Waals surface area contributed by atoms with Crippen LogP contribution in [0.2, 0.25) is 0 Å². The quantitative estimate of drug-likeness (QED) is 0.709. The van der Waals surface area contributed by atoms with E-state index in [4.69, 9.17) is 10.00 Å². The number of hydrogen-bond acceptors (Lipinski definition) is 2. The van der Waals surface area contributed by atoms with Crippen molar-refractivity contribution in [3.8, 4) is 11.8 Å². The maximum absolute atomic E-state index is 13.3. The lowest BCUT2D eigenvalue weighted by Gasteiger charge is -2.09. The van der Waals surface area contributed by atoms with Crippen LogP contribution < -0.4 is 4.74 Å². The third kappa shape index (κ3) is 2.70. The Kier molecular flexibility index (Phi) is 3.53. The number of fused-ring (bicyclic) bond motifs is 1. The zero-order chi connectivity index (χ0) is 14.7. The number of nitrogens with zero attached hydrogens (tertiary/aromatic N) is 1. The van der Waals surface area contributed by atoms with Gasteiger partial charge in [0, 0.05) is 5.39 Å². The highest BCUT2D eigenvalue weighted by Crippen LogP contribution is 2.26. The van der Waals surface area contributed by atoms with Gasteiger partial charge >= 0.3 is 0 Å². The molecular formula is C18H12FNO. The second-order valence-corrected chi connectivity index (χ2v) is 4.69. The average molecular weight is 277 g/mol. The van der Waals surface area contributed by atoms with Crippen molar-refractivity contribution in [3.05, 3.63) is 77.6 Å². The topological polar surface area (TPSA) is 33.0 Å². The zero-order valence-electron chi connectivity index (χ0n) is 11.2. The summed E-state index contributed by atoms with van der Waals surface area (Å²) in [7, 11) is 0.